The fraction of sp³-hybridized carbons (Fsp3) is 0.364. The second-order valence-corrected chi connectivity index (χ2v) is 9.56. The fourth-order valence-electron chi connectivity index (χ4n) is 3.22. The minimum Gasteiger partial charge on any atom is -0.357 e. The van der Waals surface area contributed by atoms with Gasteiger partial charge in [-0.3, -0.25) is 13.9 Å². The molecular weight excluding hydrogens is 438 g/mol. The molecule has 0 unspecified atom stereocenters. The van der Waals surface area contributed by atoms with Crippen molar-refractivity contribution in [2.75, 3.05) is 24.2 Å². The molecule has 2 rings (SSSR count). The molecule has 0 spiro atoms. The lowest BCUT2D eigenvalue weighted by molar-refractivity contribution is -0.140. The summed E-state index contributed by atoms with van der Waals surface area (Å²) in [5.41, 5.74) is 1.35. The minimum atomic E-state index is -3.49. The standard InChI is InChI=1S/C22H28ClN3O4S/c1-17(22(28)24-2)25(16-18-9-7-10-19(23)15-18)21(27)13-8-14-26(31(3,29)30)20-11-5-4-6-12-20/h4-7,9-12,15,17H,8,13-14,16H2,1-3H3,(H,24,28)/t17-/m1/s1. The highest BCUT2D eigenvalue weighted by atomic mass is 35.5. The summed E-state index contributed by atoms with van der Waals surface area (Å²) in [7, 11) is -1.97. The number of halogens is 1. The molecule has 168 valence electrons. The average molecular weight is 466 g/mol. The van der Waals surface area contributed by atoms with Crippen LogP contribution < -0.4 is 9.62 Å². The maximum atomic E-state index is 13.0. The second-order valence-electron chi connectivity index (χ2n) is 7.22. The third-order valence-electron chi connectivity index (χ3n) is 4.85. The van der Waals surface area contributed by atoms with Crippen LogP contribution in [-0.2, 0) is 26.2 Å². The number of carbonyl (C=O) groups excluding carboxylic acids is 2. The molecule has 2 aromatic carbocycles. The van der Waals surface area contributed by atoms with Gasteiger partial charge in [0.05, 0.1) is 11.9 Å². The lowest BCUT2D eigenvalue weighted by Crippen LogP contribution is -2.46. The Hall–Kier alpha value is -2.58. The van der Waals surface area contributed by atoms with Crippen LogP contribution >= 0.6 is 11.6 Å². The molecule has 0 aliphatic carbocycles. The summed E-state index contributed by atoms with van der Waals surface area (Å²) in [6.45, 7) is 2.05. The Bertz CT molecular complexity index is 999. The normalized spacial score (nSPS) is 12.1. The Balaban J connectivity index is 2.12. The molecule has 7 nitrogen and oxygen atoms in total. The van der Waals surface area contributed by atoms with Gasteiger partial charge in [0.2, 0.25) is 21.8 Å². The Labute approximate surface area is 189 Å². The molecule has 0 aromatic heterocycles. The monoisotopic (exact) mass is 465 g/mol. The fourth-order valence-corrected chi connectivity index (χ4v) is 4.40. The van der Waals surface area contributed by atoms with Gasteiger partial charge in [0.25, 0.3) is 0 Å². The van der Waals surface area contributed by atoms with Gasteiger partial charge >= 0.3 is 0 Å². The van der Waals surface area contributed by atoms with E-state index in [2.05, 4.69) is 5.32 Å². The zero-order valence-electron chi connectivity index (χ0n) is 17.9. The van der Waals surface area contributed by atoms with Crippen LogP contribution in [0.1, 0.15) is 25.3 Å². The van der Waals surface area contributed by atoms with Crippen LogP contribution in [0.2, 0.25) is 5.02 Å². The van der Waals surface area contributed by atoms with Crippen molar-refractivity contribution in [3.8, 4) is 0 Å². The lowest BCUT2D eigenvalue weighted by Gasteiger charge is -2.29. The third kappa shape index (κ3) is 7.25. The van der Waals surface area contributed by atoms with Crippen molar-refractivity contribution in [3.05, 3.63) is 65.2 Å². The van der Waals surface area contributed by atoms with Gasteiger partial charge in [-0.25, -0.2) is 8.42 Å². The predicted molar refractivity (Wildman–Crippen MR) is 123 cm³/mol. The third-order valence-corrected chi connectivity index (χ3v) is 6.28. The molecule has 9 heteroatoms. The number of nitrogens with one attached hydrogen (secondary N) is 1. The van der Waals surface area contributed by atoms with Gasteiger partial charge in [0.15, 0.2) is 0 Å². The number of para-hydroxylation sites is 1. The molecule has 1 N–H and O–H groups in total. The summed E-state index contributed by atoms with van der Waals surface area (Å²) in [4.78, 5) is 26.7. The number of amides is 2. The van der Waals surface area contributed by atoms with Gasteiger partial charge in [0, 0.05) is 31.6 Å². The molecule has 31 heavy (non-hydrogen) atoms. The number of carbonyl (C=O) groups is 2. The molecule has 1 atom stereocenters. The van der Waals surface area contributed by atoms with Crippen LogP contribution in [0, 0.1) is 0 Å². The zero-order chi connectivity index (χ0) is 23.0. The van der Waals surface area contributed by atoms with E-state index in [0.29, 0.717) is 17.1 Å². The number of likely N-dealkylation sites (N-methyl/N-ethyl adjacent to an activating group) is 1. The van der Waals surface area contributed by atoms with E-state index < -0.39 is 16.1 Å². The van der Waals surface area contributed by atoms with Crippen molar-refractivity contribution in [3.63, 3.8) is 0 Å². The van der Waals surface area contributed by atoms with Crippen molar-refractivity contribution in [1.82, 2.24) is 10.2 Å². The predicted octanol–water partition coefficient (Wildman–Crippen LogP) is 3.05. The van der Waals surface area contributed by atoms with Gasteiger partial charge in [-0.1, -0.05) is 41.9 Å². The molecular formula is C22H28ClN3O4S. The first kappa shape index (κ1) is 24.7. The van der Waals surface area contributed by atoms with E-state index in [0.717, 1.165) is 11.8 Å². The van der Waals surface area contributed by atoms with Crippen molar-refractivity contribution >= 4 is 39.1 Å². The Morgan fingerprint density at radius 1 is 1.10 bits per heavy atom. The molecule has 0 bridgehead atoms. The molecule has 0 heterocycles. The van der Waals surface area contributed by atoms with Gasteiger partial charge in [-0.15, -0.1) is 0 Å². The molecule has 0 saturated heterocycles. The van der Waals surface area contributed by atoms with Crippen molar-refractivity contribution in [2.45, 2.75) is 32.4 Å². The number of anilines is 1. The van der Waals surface area contributed by atoms with Gasteiger partial charge in [0.1, 0.15) is 6.04 Å². The van der Waals surface area contributed by atoms with E-state index in [4.69, 9.17) is 11.6 Å². The SMILES string of the molecule is CNC(=O)[C@@H](C)N(Cc1cccc(Cl)c1)C(=O)CCCN(c1ccccc1)S(C)(=O)=O. The van der Waals surface area contributed by atoms with E-state index in [1.165, 1.54) is 16.3 Å². The van der Waals surface area contributed by atoms with E-state index in [9.17, 15) is 18.0 Å². The van der Waals surface area contributed by atoms with E-state index in [1.54, 1.807) is 55.5 Å². The van der Waals surface area contributed by atoms with Crippen LogP contribution in [0.3, 0.4) is 0 Å². The number of benzene rings is 2. The molecule has 0 fully saturated rings. The Morgan fingerprint density at radius 3 is 2.35 bits per heavy atom. The van der Waals surface area contributed by atoms with Gasteiger partial charge < -0.3 is 10.2 Å². The highest BCUT2D eigenvalue weighted by molar-refractivity contribution is 7.92. The maximum absolute atomic E-state index is 13.0. The number of rotatable bonds is 10. The summed E-state index contributed by atoms with van der Waals surface area (Å²) < 4.78 is 25.7. The topological polar surface area (TPSA) is 86.8 Å². The first-order valence-electron chi connectivity index (χ1n) is 9.91. The summed E-state index contributed by atoms with van der Waals surface area (Å²) in [6, 6.07) is 15.2. The summed E-state index contributed by atoms with van der Waals surface area (Å²) >= 11 is 6.05. The number of hydrogen-bond donors (Lipinski definition) is 1. The van der Waals surface area contributed by atoms with Gasteiger partial charge in [-0.05, 0) is 43.2 Å². The quantitative estimate of drug-likeness (QED) is 0.584. The number of hydrogen-bond acceptors (Lipinski definition) is 4. The average Bonchev–Trinajstić information content (AvgIpc) is 2.73. The Kier molecular flexibility index (Phi) is 8.88. The van der Waals surface area contributed by atoms with Gasteiger partial charge in [-0.2, -0.15) is 0 Å². The summed E-state index contributed by atoms with van der Waals surface area (Å²) in [6.07, 6.45) is 1.55. The molecule has 0 saturated carbocycles. The van der Waals surface area contributed by atoms with Crippen LogP contribution in [-0.4, -0.2) is 51.0 Å². The molecule has 0 aliphatic heterocycles. The smallest absolute Gasteiger partial charge is 0.242 e. The van der Waals surface area contributed by atoms with Crippen LogP contribution in [0.5, 0.6) is 0 Å². The molecule has 0 aliphatic rings. The van der Waals surface area contributed by atoms with Crippen LogP contribution in [0.15, 0.2) is 54.6 Å². The maximum Gasteiger partial charge on any atom is 0.242 e. The molecule has 2 amide bonds. The lowest BCUT2D eigenvalue weighted by atomic mass is 10.1. The number of nitrogens with zero attached hydrogens (tertiary/aromatic N) is 2. The van der Waals surface area contributed by atoms with E-state index in [-0.39, 0.29) is 31.3 Å². The Morgan fingerprint density at radius 2 is 1.77 bits per heavy atom. The second kappa shape index (κ2) is 11.2. The summed E-state index contributed by atoms with van der Waals surface area (Å²) in [5.74, 6) is -0.519. The van der Waals surface area contributed by atoms with Crippen molar-refractivity contribution in [2.24, 2.45) is 0 Å². The molecule has 0 radical (unpaired) electrons. The van der Waals surface area contributed by atoms with Crippen LogP contribution in [0.4, 0.5) is 5.69 Å². The van der Waals surface area contributed by atoms with E-state index >= 15 is 0 Å². The number of sulfonamides is 1. The van der Waals surface area contributed by atoms with Crippen LogP contribution in [0.25, 0.3) is 0 Å². The first-order valence-corrected chi connectivity index (χ1v) is 12.1. The van der Waals surface area contributed by atoms with Crippen molar-refractivity contribution < 1.29 is 18.0 Å². The largest absolute Gasteiger partial charge is 0.357 e. The van der Waals surface area contributed by atoms with E-state index in [1.807, 2.05) is 6.07 Å². The zero-order valence-corrected chi connectivity index (χ0v) is 19.5. The highest BCUT2D eigenvalue weighted by Gasteiger charge is 2.26. The summed E-state index contributed by atoms with van der Waals surface area (Å²) in [5, 5.41) is 3.11. The van der Waals surface area contributed by atoms with Crippen molar-refractivity contribution in [1.29, 1.82) is 0 Å². The molecule has 2 aromatic rings. The first-order chi connectivity index (χ1) is 14.6. The minimum absolute atomic E-state index is 0.0980. The highest BCUT2D eigenvalue weighted by Crippen LogP contribution is 2.19.